The molecular formula is C25H37ClO2Si. The molecule has 1 aromatic rings. The van der Waals surface area contributed by atoms with E-state index in [2.05, 4.69) is 51.8 Å². The number of unbranched alkanes of at least 4 members (excludes halogenated alkanes) is 4. The summed E-state index contributed by atoms with van der Waals surface area (Å²) in [7, 11) is -1.64. The molecule has 29 heavy (non-hydrogen) atoms. The lowest BCUT2D eigenvalue weighted by molar-refractivity contribution is -0.113. The molecule has 0 aliphatic rings. The van der Waals surface area contributed by atoms with Crippen molar-refractivity contribution in [1.82, 2.24) is 0 Å². The molecule has 4 heteroatoms. The second-order valence-electron chi connectivity index (χ2n) is 8.96. The van der Waals surface area contributed by atoms with E-state index in [1.165, 1.54) is 0 Å². The topological polar surface area (TPSA) is 26.3 Å². The molecule has 0 atom stereocenters. The Hall–Kier alpha value is -1.34. The van der Waals surface area contributed by atoms with E-state index < -0.39 is 8.32 Å². The summed E-state index contributed by atoms with van der Waals surface area (Å²) in [5.41, 5.74) is 1.03. The molecule has 0 saturated heterocycles. The molecule has 0 bridgehead atoms. The molecule has 0 unspecified atom stereocenters. The highest BCUT2D eigenvalue weighted by atomic mass is 35.5. The van der Waals surface area contributed by atoms with Crippen molar-refractivity contribution in [3.8, 4) is 11.8 Å². The average molecular weight is 433 g/mol. The Morgan fingerprint density at radius 3 is 2.55 bits per heavy atom. The number of allylic oxidation sites excluding steroid dienone is 1. The molecule has 0 radical (unpaired) electrons. The molecule has 0 aliphatic heterocycles. The van der Waals surface area contributed by atoms with E-state index in [1.54, 1.807) is 0 Å². The van der Waals surface area contributed by atoms with Gasteiger partial charge in [-0.2, -0.15) is 0 Å². The van der Waals surface area contributed by atoms with Gasteiger partial charge < -0.3 is 4.43 Å². The highest BCUT2D eigenvalue weighted by Gasteiger charge is 2.36. The zero-order valence-corrected chi connectivity index (χ0v) is 20.6. The molecule has 0 heterocycles. The summed E-state index contributed by atoms with van der Waals surface area (Å²) in [6.45, 7) is 12.1. The third-order valence-corrected chi connectivity index (χ3v) is 10.3. The summed E-state index contributed by atoms with van der Waals surface area (Å²) in [6, 6.07) is 7.79. The first-order valence-electron chi connectivity index (χ1n) is 10.7. The van der Waals surface area contributed by atoms with Crippen LogP contribution in [0.2, 0.25) is 23.2 Å². The summed E-state index contributed by atoms with van der Waals surface area (Å²) in [6.07, 6.45) is 10.3. The van der Waals surface area contributed by atoms with Crippen LogP contribution in [0.25, 0.3) is 6.08 Å². The van der Waals surface area contributed by atoms with Gasteiger partial charge in [-0.05, 0) is 61.4 Å². The number of rotatable bonds is 11. The standard InChI is InChI=1S/C25H37ClO2Si/c1-25(2,3)29(4,5)28-21-15-9-12-19-23(27)18-11-8-6-7-10-16-22-17-13-14-20-24(22)26/h10,13-14,16-17,20H,6-9,12,15,19,21H2,1-5H3/b16-10+. The molecule has 1 rings (SSSR count). The summed E-state index contributed by atoms with van der Waals surface area (Å²) >= 11 is 6.11. The minimum atomic E-state index is -1.64. The number of carbonyl (C=O) groups is 1. The minimum Gasteiger partial charge on any atom is -0.417 e. The van der Waals surface area contributed by atoms with E-state index in [0.29, 0.717) is 6.42 Å². The molecule has 1 aromatic carbocycles. The summed E-state index contributed by atoms with van der Waals surface area (Å²) in [5, 5.41) is 1.02. The molecular weight excluding hydrogens is 396 g/mol. The van der Waals surface area contributed by atoms with Crippen molar-refractivity contribution in [2.24, 2.45) is 0 Å². The second-order valence-corrected chi connectivity index (χ2v) is 14.2. The van der Waals surface area contributed by atoms with Gasteiger partial charge in [0.1, 0.15) is 0 Å². The van der Waals surface area contributed by atoms with Gasteiger partial charge in [0.25, 0.3) is 0 Å². The Labute approximate surface area is 184 Å². The van der Waals surface area contributed by atoms with Crippen molar-refractivity contribution in [2.45, 2.75) is 83.8 Å². The molecule has 2 nitrogen and oxygen atoms in total. The van der Waals surface area contributed by atoms with E-state index in [1.807, 2.05) is 30.3 Å². The Balaban J connectivity index is 2.10. The molecule has 0 fully saturated rings. The summed E-state index contributed by atoms with van der Waals surface area (Å²) < 4.78 is 6.16. The van der Waals surface area contributed by atoms with Gasteiger partial charge in [0, 0.05) is 24.5 Å². The van der Waals surface area contributed by atoms with Gasteiger partial charge in [-0.15, -0.1) is 0 Å². The lowest BCUT2D eigenvalue weighted by atomic mass is 10.1. The van der Waals surface area contributed by atoms with Crippen LogP contribution in [0.15, 0.2) is 30.3 Å². The number of benzene rings is 1. The maximum absolute atomic E-state index is 11.9. The summed E-state index contributed by atoms with van der Waals surface area (Å²) in [5.74, 6) is 5.84. The van der Waals surface area contributed by atoms with Gasteiger partial charge in [0.2, 0.25) is 5.78 Å². The highest BCUT2D eigenvalue weighted by molar-refractivity contribution is 6.74. The Bertz CT molecular complexity index is 720. The molecule has 160 valence electrons. The van der Waals surface area contributed by atoms with E-state index in [0.717, 1.165) is 55.7 Å². The highest BCUT2D eigenvalue weighted by Crippen LogP contribution is 2.36. The van der Waals surface area contributed by atoms with Crippen molar-refractivity contribution >= 4 is 31.8 Å². The number of halogens is 1. The maximum Gasteiger partial charge on any atom is 0.205 e. The second kappa shape index (κ2) is 13.1. The number of carbonyl (C=O) groups excluding carboxylic acids is 1. The van der Waals surface area contributed by atoms with E-state index in [9.17, 15) is 4.79 Å². The Morgan fingerprint density at radius 2 is 1.86 bits per heavy atom. The zero-order chi connectivity index (χ0) is 21.8. The van der Waals surface area contributed by atoms with Gasteiger partial charge in [0.15, 0.2) is 8.32 Å². The number of hydrogen-bond donors (Lipinski definition) is 0. The van der Waals surface area contributed by atoms with Crippen LogP contribution in [0.4, 0.5) is 0 Å². The monoisotopic (exact) mass is 432 g/mol. The minimum absolute atomic E-state index is 0.0573. The Morgan fingerprint density at radius 1 is 1.14 bits per heavy atom. The number of Topliss-reactive ketones (excluding diaryl/α,β-unsaturated/α-hetero) is 1. The van der Waals surface area contributed by atoms with Gasteiger partial charge in [-0.3, -0.25) is 4.79 Å². The molecule has 0 saturated carbocycles. The smallest absolute Gasteiger partial charge is 0.205 e. The van der Waals surface area contributed by atoms with Crippen molar-refractivity contribution in [2.75, 3.05) is 6.61 Å². The quantitative estimate of drug-likeness (QED) is 0.155. The molecule has 0 amide bonds. The van der Waals surface area contributed by atoms with Crippen molar-refractivity contribution in [1.29, 1.82) is 0 Å². The molecule has 0 N–H and O–H groups in total. The zero-order valence-electron chi connectivity index (χ0n) is 18.8. The third kappa shape index (κ3) is 10.8. The van der Waals surface area contributed by atoms with Crippen molar-refractivity contribution in [3.63, 3.8) is 0 Å². The molecule has 0 spiro atoms. The van der Waals surface area contributed by atoms with Crippen LogP contribution in [0.3, 0.4) is 0 Å². The van der Waals surface area contributed by atoms with Gasteiger partial charge >= 0.3 is 0 Å². The first-order valence-corrected chi connectivity index (χ1v) is 14.0. The lowest BCUT2D eigenvalue weighted by Gasteiger charge is -2.36. The summed E-state index contributed by atoms with van der Waals surface area (Å²) in [4.78, 5) is 11.9. The largest absolute Gasteiger partial charge is 0.417 e. The van der Waals surface area contributed by atoms with Crippen LogP contribution in [0.5, 0.6) is 0 Å². The maximum atomic E-state index is 11.9. The van der Waals surface area contributed by atoms with Gasteiger partial charge in [0.05, 0.1) is 0 Å². The first kappa shape index (κ1) is 25.7. The van der Waals surface area contributed by atoms with Crippen LogP contribution in [-0.2, 0) is 9.22 Å². The van der Waals surface area contributed by atoms with Crippen LogP contribution >= 0.6 is 11.6 Å². The number of ketones is 1. The van der Waals surface area contributed by atoms with Crippen LogP contribution in [0.1, 0.15) is 71.3 Å². The van der Waals surface area contributed by atoms with Gasteiger partial charge in [-0.25, -0.2) is 0 Å². The van der Waals surface area contributed by atoms with Crippen molar-refractivity contribution in [3.05, 3.63) is 40.9 Å². The lowest BCUT2D eigenvalue weighted by Crippen LogP contribution is -2.40. The molecule has 0 aliphatic carbocycles. The average Bonchev–Trinajstić information content (AvgIpc) is 2.64. The van der Waals surface area contributed by atoms with E-state index >= 15 is 0 Å². The van der Waals surface area contributed by atoms with Crippen molar-refractivity contribution < 1.29 is 9.22 Å². The van der Waals surface area contributed by atoms with E-state index in [-0.39, 0.29) is 10.8 Å². The molecule has 0 aromatic heterocycles. The fraction of sp³-hybridized carbons (Fsp3) is 0.560. The van der Waals surface area contributed by atoms with Crippen LogP contribution < -0.4 is 0 Å². The SMILES string of the molecule is CC(C)(C)[Si](C)(C)OCCCCCC(=O)C#CCCC/C=C/c1ccccc1Cl. The fourth-order valence-corrected chi connectivity index (χ4v) is 3.75. The Kier molecular flexibility index (Phi) is 11.6. The van der Waals surface area contributed by atoms with Crippen LogP contribution in [0, 0.1) is 11.8 Å². The first-order chi connectivity index (χ1) is 13.6. The van der Waals surface area contributed by atoms with Gasteiger partial charge in [-0.1, -0.05) is 75.1 Å². The predicted molar refractivity (Wildman–Crippen MR) is 129 cm³/mol. The predicted octanol–water partition coefficient (Wildman–Crippen LogP) is 7.68. The third-order valence-electron chi connectivity index (χ3n) is 5.42. The number of hydrogen-bond acceptors (Lipinski definition) is 2. The fourth-order valence-electron chi connectivity index (χ4n) is 2.46. The normalized spacial score (nSPS) is 12.1. The van der Waals surface area contributed by atoms with E-state index in [4.69, 9.17) is 16.0 Å². The van der Waals surface area contributed by atoms with Crippen LogP contribution in [-0.4, -0.2) is 20.7 Å².